The Morgan fingerprint density at radius 2 is 1.96 bits per heavy atom. The van der Waals surface area contributed by atoms with Gasteiger partial charge in [-0.05, 0) is 30.3 Å². The molecule has 3 N–H and O–H groups in total. The van der Waals surface area contributed by atoms with Crippen LogP contribution in [-0.2, 0) is 0 Å². The molecule has 1 heterocycles. The van der Waals surface area contributed by atoms with Crippen molar-refractivity contribution >= 4 is 40.1 Å². The number of guanidine groups is 1. The maximum atomic E-state index is 12.4. The van der Waals surface area contributed by atoms with Crippen LogP contribution < -0.4 is 10.6 Å². The summed E-state index contributed by atoms with van der Waals surface area (Å²) in [6.45, 7) is 0. The van der Waals surface area contributed by atoms with Gasteiger partial charge in [0.1, 0.15) is 5.69 Å². The van der Waals surface area contributed by atoms with E-state index in [4.69, 9.17) is 11.6 Å². The van der Waals surface area contributed by atoms with Crippen LogP contribution in [-0.4, -0.2) is 23.9 Å². The van der Waals surface area contributed by atoms with E-state index in [2.05, 4.69) is 20.6 Å². The monoisotopic (exact) mass is 326 g/mol. The van der Waals surface area contributed by atoms with Crippen LogP contribution >= 0.6 is 11.6 Å². The highest BCUT2D eigenvalue weighted by molar-refractivity contribution is 6.31. The van der Waals surface area contributed by atoms with E-state index in [9.17, 15) is 4.79 Å². The molecule has 0 saturated heterocycles. The summed E-state index contributed by atoms with van der Waals surface area (Å²) in [5, 5.41) is 7.35. The molecule has 0 atom stereocenters. The molecule has 0 aliphatic carbocycles. The van der Waals surface area contributed by atoms with Crippen LogP contribution in [0.3, 0.4) is 0 Å². The molecule has 23 heavy (non-hydrogen) atoms. The maximum absolute atomic E-state index is 12.4. The molecule has 0 aliphatic heterocycles. The summed E-state index contributed by atoms with van der Waals surface area (Å²) in [5.74, 6) is 0.0762. The fourth-order valence-electron chi connectivity index (χ4n) is 2.22. The predicted octanol–water partition coefficient (Wildman–Crippen LogP) is 3.65. The fourth-order valence-corrected chi connectivity index (χ4v) is 2.41. The Labute approximate surface area is 138 Å². The number of H-pyrrole nitrogens is 1. The Kier molecular flexibility index (Phi) is 4.30. The Balaban J connectivity index is 1.74. The van der Waals surface area contributed by atoms with Crippen molar-refractivity contribution in [3.63, 3.8) is 0 Å². The molecule has 116 valence electrons. The molecule has 3 aromatic rings. The van der Waals surface area contributed by atoms with E-state index in [1.807, 2.05) is 36.4 Å². The van der Waals surface area contributed by atoms with Gasteiger partial charge in [-0.1, -0.05) is 35.9 Å². The number of nitrogens with zero attached hydrogens (tertiary/aromatic N) is 1. The summed E-state index contributed by atoms with van der Waals surface area (Å²) in [5.41, 5.74) is 2.13. The lowest BCUT2D eigenvalue weighted by atomic mass is 10.2. The summed E-state index contributed by atoms with van der Waals surface area (Å²) in [7, 11) is 1.60. The summed E-state index contributed by atoms with van der Waals surface area (Å²) in [6, 6.07) is 16.7. The van der Waals surface area contributed by atoms with Crippen molar-refractivity contribution in [2.24, 2.45) is 4.99 Å². The molecule has 5 nitrogen and oxygen atoms in total. The molecule has 0 fully saturated rings. The summed E-state index contributed by atoms with van der Waals surface area (Å²) >= 11 is 5.95. The third-order valence-corrected chi connectivity index (χ3v) is 3.55. The fraction of sp³-hybridized carbons (Fsp3) is 0.0588. The number of hydrogen-bond acceptors (Lipinski definition) is 2. The number of amides is 1. The molecular weight excluding hydrogens is 312 g/mol. The van der Waals surface area contributed by atoms with E-state index in [0.717, 1.165) is 16.6 Å². The number of hydrogen-bond donors (Lipinski definition) is 3. The Hall–Kier alpha value is -2.79. The van der Waals surface area contributed by atoms with Gasteiger partial charge in [-0.25, -0.2) is 0 Å². The lowest BCUT2D eigenvalue weighted by molar-refractivity contribution is 0.0973. The van der Waals surface area contributed by atoms with Crippen LogP contribution in [0.1, 0.15) is 10.5 Å². The first-order chi connectivity index (χ1) is 11.2. The predicted molar refractivity (Wildman–Crippen MR) is 94.2 cm³/mol. The van der Waals surface area contributed by atoms with Crippen LogP contribution in [0, 0.1) is 0 Å². The average molecular weight is 327 g/mol. The molecule has 0 radical (unpaired) electrons. The number of aromatic amines is 1. The number of nitrogens with one attached hydrogen (secondary N) is 3. The van der Waals surface area contributed by atoms with Gasteiger partial charge in [0, 0.05) is 28.7 Å². The quantitative estimate of drug-likeness (QED) is 0.497. The van der Waals surface area contributed by atoms with Crippen LogP contribution in [0.15, 0.2) is 59.6 Å². The average Bonchev–Trinajstić information content (AvgIpc) is 2.98. The van der Waals surface area contributed by atoms with E-state index in [-0.39, 0.29) is 5.91 Å². The molecule has 0 bridgehead atoms. The van der Waals surface area contributed by atoms with E-state index >= 15 is 0 Å². The van der Waals surface area contributed by atoms with Gasteiger partial charge in [0.15, 0.2) is 0 Å². The first kappa shape index (κ1) is 15.1. The van der Waals surface area contributed by atoms with Crippen LogP contribution in [0.2, 0.25) is 5.02 Å². The topological polar surface area (TPSA) is 69.3 Å². The molecule has 1 amide bonds. The van der Waals surface area contributed by atoms with E-state index in [1.54, 1.807) is 25.2 Å². The maximum Gasteiger partial charge on any atom is 0.274 e. The number of para-hydroxylation sites is 1. The zero-order valence-corrected chi connectivity index (χ0v) is 13.2. The smallest absolute Gasteiger partial charge is 0.274 e. The highest BCUT2D eigenvalue weighted by Gasteiger charge is 2.11. The lowest BCUT2D eigenvalue weighted by Crippen LogP contribution is -2.36. The second-order valence-electron chi connectivity index (χ2n) is 4.93. The number of aliphatic imine (C=N–C) groups is 1. The van der Waals surface area contributed by atoms with Crippen molar-refractivity contribution in [1.29, 1.82) is 0 Å². The van der Waals surface area contributed by atoms with Gasteiger partial charge in [-0.15, -0.1) is 0 Å². The zero-order chi connectivity index (χ0) is 16.2. The minimum absolute atomic E-state index is 0.267. The van der Waals surface area contributed by atoms with Crippen molar-refractivity contribution in [3.05, 3.63) is 65.3 Å². The molecule has 2 aromatic carbocycles. The highest BCUT2D eigenvalue weighted by atomic mass is 35.5. The number of halogens is 1. The molecule has 6 heteroatoms. The van der Waals surface area contributed by atoms with E-state index in [0.29, 0.717) is 16.7 Å². The third-order valence-electron chi connectivity index (χ3n) is 3.32. The van der Waals surface area contributed by atoms with Crippen LogP contribution in [0.25, 0.3) is 10.9 Å². The molecule has 0 aliphatic rings. The number of aromatic nitrogens is 1. The van der Waals surface area contributed by atoms with Crippen molar-refractivity contribution in [2.75, 3.05) is 12.4 Å². The minimum Gasteiger partial charge on any atom is -0.351 e. The molecule has 0 saturated carbocycles. The van der Waals surface area contributed by atoms with E-state index in [1.165, 1.54) is 0 Å². The summed E-state index contributed by atoms with van der Waals surface area (Å²) in [6.07, 6.45) is 0. The van der Waals surface area contributed by atoms with Gasteiger partial charge in [0.25, 0.3) is 5.91 Å². The van der Waals surface area contributed by atoms with Gasteiger partial charge >= 0.3 is 0 Å². The number of fused-ring (bicyclic) bond motifs is 1. The van der Waals surface area contributed by atoms with Crippen LogP contribution in [0.4, 0.5) is 5.69 Å². The number of rotatable bonds is 2. The van der Waals surface area contributed by atoms with Crippen molar-refractivity contribution < 1.29 is 4.79 Å². The number of carbonyl (C=O) groups excluding carboxylic acids is 1. The third kappa shape index (κ3) is 3.52. The molecule has 3 rings (SSSR count). The lowest BCUT2D eigenvalue weighted by Gasteiger charge is -2.10. The SMILES string of the molecule is CN=C(NC(=O)c1cc2ccccc2[nH]1)Nc1cccc(Cl)c1. The second kappa shape index (κ2) is 6.54. The molecule has 0 spiro atoms. The van der Waals surface area contributed by atoms with Gasteiger partial charge in [-0.3, -0.25) is 15.1 Å². The number of carbonyl (C=O) groups is 1. The first-order valence-corrected chi connectivity index (χ1v) is 7.42. The Morgan fingerprint density at radius 1 is 1.13 bits per heavy atom. The number of anilines is 1. The normalized spacial score (nSPS) is 11.5. The van der Waals surface area contributed by atoms with E-state index < -0.39 is 0 Å². The van der Waals surface area contributed by atoms with Crippen molar-refractivity contribution in [1.82, 2.24) is 10.3 Å². The number of benzene rings is 2. The van der Waals surface area contributed by atoms with Gasteiger partial charge in [0.05, 0.1) is 0 Å². The standard InChI is InChI=1S/C17H15ClN4O/c1-19-17(20-13-7-4-6-12(18)10-13)22-16(23)15-9-11-5-2-3-8-14(11)21-15/h2-10,21H,1H3,(H2,19,20,22,23). The highest BCUT2D eigenvalue weighted by Crippen LogP contribution is 2.16. The van der Waals surface area contributed by atoms with Gasteiger partial charge < -0.3 is 10.3 Å². The van der Waals surface area contributed by atoms with Gasteiger partial charge in [-0.2, -0.15) is 0 Å². The Morgan fingerprint density at radius 3 is 2.70 bits per heavy atom. The van der Waals surface area contributed by atoms with Crippen molar-refractivity contribution in [2.45, 2.75) is 0 Å². The van der Waals surface area contributed by atoms with Crippen molar-refractivity contribution in [3.8, 4) is 0 Å². The largest absolute Gasteiger partial charge is 0.351 e. The summed E-state index contributed by atoms with van der Waals surface area (Å²) < 4.78 is 0. The van der Waals surface area contributed by atoms with Crippen LogP contribution in [0.5, 0.6) is 0 Å². The summed E-state index contributed by atoms with van der Waals surface area (Å²) in [4.78, 5) is 19.5. The molecule has 0 unspecified atom stereocenters. The molecule has 1 aromatic heterocycles. The van der Waals surface area contributed by atoms with Gasteiger partial charge in [0.2, 0.25) is 5.96 Å². The minimum atomic E-state index is -0.267. The molecular formula is C17H15ClN4O. The second-order valence-corrected chi connectivity index (χ2v) is 5.37. The zero-order valence-electron chi connectivity index (χ0n) is 12.4. The first-order valence-electron chi connectivity index (χ1n) is 7.04. The Bertz CT molecular complexity index is 852.